The SMILES string of the molecule is Cc1ccc(COc2ccc(OCC3CCNC3)cc2)c(NC(=O)C2=CC3SC=CC3N2C)c1. The van der Waals surface area contributed by atoms with Gasteiger partial charge < -0.3 is 25.0 Å². The van der Waals surface area contributed by atoms with Gasteiger partial charge in [-0.3, -0.25) is 4.79 Å². The molecular weight excluding hydrogens is 446 g/mol. The number of amides is 1. The molecular formula is C27H31N3O3S. The molecule has 2 N–H and O–H groups in total. The second kappa shape index (κ2) is 10.2. The lowest BCUT2D eigenvalue weighted by molar-refractivity contribution is -0.114. The summed E-state index contributed by atoms with van der Waals surface area (Å²) in [6, 6.07) is 14.0. The summed E-state index contributed by atoms with van der Waals surface area (Å²) >= 11 is 1.76. The van der Waals surface area contributed by atoms with Crippen molar-refractivity contribution in [3.8, 4) is 11.5 Å². The van der Waals surface area contributed by atoms with Crippen LogP contribution in [0.1, 0.15) is 17.5 Å². The van der Waals surface area contributed by atoms with Gasteiger partial charge in [0, 0.05) is 30.8 Å². The minimum atomic E-state index is -0.0864. The third kappa shape index (κ3) is 5.10. The van der Waals surface area contributed by atoms with Gasteiger partial charge in [0.05, 0.1) is 17.9 Å². The van der Waals surface area contributed by atoms with Gasteiger partial charge in [0.1, 0.15) is 23.8 Å². The molecule has 178 valence electrons. The summed E-state index contributed by atoms with van der Waals surface area (Å²) in [5.41, 5.74) is 3.51. The van der Waals surface area contributed by atoms with Gasteiger partial charge in [-0.1, -0.05) is 18.2 Å². The quantitative estimate of drug-likeness (QED) is 0.590. The average molecular weight is 478 g/mol. The fraction of sp³-hybridized carbons (Fsp3) is 0.370. The molecule has 7 heteroatoms. The van der Waals surface area contributed by atoms with E-state index in [4.69, 9.17) is 9.47 Å². The molecule has 6 nitrogen and oxygen atoms in total. The van der Waals surface area contributed by atoms with E-state index in [1.54, 1.807) is 11.8 Å². The van der Waals surface area contributed by atoms with Gasteiger partial charge in [-0.2, -0.15) is 0 Å². The van der Waals surface area contributed by atoms with E-state index < -0.39 is 0 Å². The topological polar surface area (TPSA) is 62.8 Å². The van der Waals surface area contributed by atoms with Crippen molar-refractivity contribution in [3.05, 3.63) is 76.8 Å². The maximum atomic E-state index is 13.1. The molecule has 0 aromatic heterocycles. The Hall–Kier alpha value is -2.90. The lowest BCUT2D eigenvalue weighted by Gasteiger charge is -2.23. The number of rotatable bonds is 8. The average Bonchev–Trinajstić information content (AvgIpc) is 3.58. The number of hydrogen-bond donors (Lipinski definition) is 2. The van der Waals surface area contributed by atoms with E-state index in [1.807, 2.05) is 56.4 Å². The number of carbonyl (C=O) groups excluding carboxylic acids is 1. The molecule has 5 rings (SSSR count). The first-order valence-electron chi connectivity index (χ1n) is 11.8. The largest absolute Gasteiger partial charge is 0.493 e. The van der Waals surface area contributed by atoms with E-state index in [2.05, 4.69) is 33.1 Å². The molecule has 2 aromatic rings. The molecule has 0 saturated carbocycles. The van der Waals surface area contributed by atoms with Gasteiger partial charge in [0.15, 0.2) is 0 Å². The number of carbonyl (C=O) groups is 1. The normalized spacial score (nSPS) is 23.1. The van der Waals surface area contributed by atoms with Crippen LogP contribution in [-0.2, 0) is 11.4 Å². The predicted molar refractivity (Wildman–Crippen MR) is 137 cm³/mol. The smallest absolute Gasteiger partial charge is 0.271 e. The number of hydrogen-bond acceptors (Lipinski definition) is 6. The number of aryl methyl sites for hydroxylation is 1. The van der Waals surface area contributed by atoms with Gasteiger partial charge in [-0.15, -0.1) is 11.8 Å². The third-order valence-corrected chi connectivity index (χ3v) is 7.65. The molecule has 0 aliphatic carbocycles. The highest BCUT2D eigenvalue weighted by Crippen LogP contribution is 2.36. The number of thioether (sulfide) groups is 1. The number of likely N-dealkylation sites (N-methyl/N-ethyl adjacent to an activating group) is 1. The first-order valence-corrected chi connectivity index (χ1v) is 12.7. The van der Waals surface area contributed by atoms with Crippen LogP contribution in [0, 0.1) is 12.8 Å². The van der Waals surface area contributed by atoms with Crippen LogP contribution in [0.5, 0.6) is 11.5 Å². The van der Waals surface area contributed by atoms with Gasteiger partial charge in [0.2, 0.25) is 0 Å². The predicted octanol–water partition coefficient (Wildman–Crippen LogP) is 4.33. The number of nitrogens with one attached hydrogen (secondary N) is 2. The first kappa shape index (κ1) is 22.9. The van der Waals surface area contributed by atoms with Crippen molar-refractivity contribution in [2.45, 2.75) is 31.2 Å². The Labute approximate surface area is 205 Å². The number of fused-ring (bicyclic) bond motifs is 1. The Bertz CT molecular complexity index is 1090. The van der Waals surface area contributed by atoms with Crippen molar-refractivity contribution < 1.29 is 14.3 Å². The zero-order valence-electron chi connectivity index (χ0n) is 19.6. The summed E-state index contributed by atoms with van der Waals surface area (Å²) in [5.74, 6) is 2.12. The molecule has 34 heavy (non-hydrogen) atoms. The Kier molecular flexibility index (Phi) is 6.83. The zero-order valence-corrected chi connectivity index (χ0v) is 20.4. The monoisotopic (exact) mass is 477 g/mol. The summed E-state index contributed by atoms with van der Waals surface area (Å²) in [5, 5.41) is 8.90. The molecule has 1 amide bonds. The highest BCUT2D eigenvalue weighted by atomic mass is 32.2. The number of ether oxygens (including phenoxy) is 2. The maximum absolute atomic E-state index is 13.1. The van der Waals surface area contributed by atoms with Gasteiger partial charge in [-0.25, -0.2) is 0 Å². The lowest BCUT2D eigenvalue weighted by atomic mass is 10.1. The number of anilines is 1. The number of benzene rings is 2. The van der Waals surface area contributed by atoms with E-state index in [-0.39, 0.29) is 11.9 Å². The Morgan fingerprint density at radius 3 is 2.71 bits per heavy atom. The standard InChI is InChI=1S/C27H31N3O3S/c1-18-3-4-20(17-33-22-7-5-21(6-8-22)32-16-19-9-11-28-15-19)23(13-18)29-27(31)25-14-26-24(30(25)2)10-12-34-26/h3-8,10,12-14,19,24,26,28H,9,11,15-17H2,1-2H3,(H,29,31). The summed E-state index contributed by atoms with van der Waals surface area (Å²) in [4.78, 5) is 15.1. The van der Waals surface area contributed by atoms with Crippen molar-refractivity contribution in [2.75, 3.05) is 32.1 Å². The van der Waals surface area contributed by atoms with Crippen LogP contribution in [0.25, 0.3) is 0 Å². The summed E-state index contributed by atoms with van der Waals surface area (Å²) < 4.78 is 12.0. The molecule has 3 unspecified atom stereocenters. The molecule has 3 atom stereocenters. The summed E-state index contributed by atoms with van der Waals surface area (Å²) in [6.45, 7) is 5.23. The van der Waals surface area contributed by atoms with Gasteiger partial charge in [0.25, 0.3) is 5.91 Å². The van der Waals surface area contributed by atoms with Gasteiger partial charge >= 0.3 is 0 Å². The van der Waals surface area contributed by atoms with Crippen LogP contribution in [0.3, 0.4) is 0 Å². The highest BCUT2D eigenvalue weighted by molar-refractivity contribution is 8.03. The minimum Gasteiger partial charge on any atom is -0.493 e. The van der Waals surface area contributed by atoms with Crippen LogP contribution in [0.4, 0.5) is 5.69 Å². The number of nitrogens with zero attached hydrogens (tertiary/aromatic N) is 1. The van der Waals surface area contributed by atoms with Crippen molar-refractivity contribution in [3.63, 3.8) is 0 Å². The summed E-state index contributed by atoms with van der Waals surface area (Å²) in [6.07, 6.45) is 5.38. The Morgan fingerprint density at radius 2 is 1.97 bits per heavy atom. The van der Waals surface area contributed by atoms with E-state index in [0.717, 1.165) is 48.0 Å². The molecule has 1 fully saturated rings. The molecule has 0 spiro atoms. The van der Waals surface area contributed by atoms with Crippen LogP contribution < -0.4 is 20.1 Å². The van der Waals surface area contributed by atoms with Crippen molar-refractivity contribution in [1.29, 1.82) is 0 Å². The van der Waals surface area contributed by atoms with Crippen molar-refractivity contribution in [1.82, 2.24) is 10.2 Å². The molecule has 2 aromatic carbocycles. The molecule has 0 bridgehead atoms. The van der Waals surface area contributed by atoms with Crippen molar-refractivity contribution >= 4 is 23.4 Å². The third-order valence-electron chi connectivity index (χ3n) is 6.61. The van der Waals surface area contributed by atoms with E-state index in [1.165, 1.54) is 6.42 Å². The fourth-order valence-corrected chi connectivity index (χ4v) is 5.62. The minimum absolute atomic E-state index is 0.0864. The molecule has 1 saturated heterocycles. The molecule has 3 aliphatic heterocycles. The van der Waals surface area contributed by atoms with Gasteiger partial charge in [-0.05, 0) is 67.3 Å². The Balaban J connectivity index is 1.20. The first-order chi connectivity index (χ1) is 16.6. The zero-order chi connectivity index (χ0) is 23.5. The van der Waals surface area contributed by atoms with Crippen LogP contribution >= 0.6 is 11.8 Å². The maximum Gasteiger partial charge on any atom is 0.271 e. The van der Waals surface area contributed by atoms with E-state index in [9.17, 15) is 4.79 Å². The fourth-order valence-electron chi connectivity index (χ4n) is 4.55. The highest BCUT2D eigenvalue weighted by Gasteiger charge is 2.36. The van der Waals surface area contributed by atoms with Crippen LogP contribution in [0.15, 0.2) is 65.7 Å². The van der Waals surface area contributed by atoms with E-state index >= 15 is 0 Å². The summed E-state index contributed by atoms with van der Waals surface area (Å²) in [7, 11) is 1.98. The van der Waals surface area contributed by atoms with Crippen LogP contribution in [0.2, 0.25) is 0 Å². The second-order valence-corrected chi connectivity index (χ2v) is 10.2. The van der Waals surface area contributed by atoms with Crippen LogP contribution in [-0.4, -0.2) is 48.8 Å². The molecule has 3 heterocycles. The van der Waals surface area contributed by atoms with Crippen molar-refractivity contribution in [2.24, 2.45) is 5.92 Å². The molecule has 3 aliphatic rings. The second-order valence-electron chi connectivity index (χ2n) is 9.13. The van der Waals surface area contributed by atoms with E-state index in [0.29, 0.717) is 23.5 Å². The Morgan fingerprint density at radius 1 is 1.18 bits per heavy atom. The lowest BCUT2D eigenvalue weighted by Crippen LogP contribution is -2.32. The molecule has 0 radical (unpaired) electrons.